The number of benzene rings is 1. The van der Waals surface area contributed by atoms with Crippen molar-refractivity contribution in [2.45, 2.75) is 46.1 Å². The average molecular weight is 243 g/mol. The van der Waals surface area contributed by atoms with Gasteiger partial charge in [0, 0.05) is 12.1 Å². The molecule has 2 rings (SSSR count). The lowest BCUT2D eigenvalue weighted by Crippen LogP contribution is -2.10. The summed E-state index contributed by atoms with van der Waals surface area (Å²) in [4.78, 5) is 0. The van der Waals surface area contributed by atoms with E-state index in [0.29, 0.717) is 0 Å². The van der Waals surface area contributed by atoms with Crippen LogP contribution in [0.1, 0.15) is 39.7 Å². The minimum Gasteiger partial charge on any atom is -0.252 e. The van der Waals surface area contributed by atoms with E-state index >= 15 is 0 Å². The van der Waals surface area contributed by atoms with Crippen molar-refractivity contribution >= 4 is 0 Å². The molecule has 2 aromatic rings. The van der Waals surface area contributed by atoms with Gasteiger partial charge in [-0.3, -0.25) is 4.68 Å². The molecule has 0 radical (unpaired) electrons. The monoisotopic (exact) mass is 243 g/mol. The van der Waals surface area contributed by atoms with Gasteiger partial charge >= 0.3 is 0 Å². The molecule has 0 aliphatic carbocycles. The summed E-state index contributed by atoms with van der Waals surface area (Å²) in [5, 5.41) is 8.33. The lowest BCUT2D eigenvalue weighted by Gasteiger charge is -2.18. The molecule has 0 spiro atoms. The Morgan fingerprint density at radius 3 is 2.33 bits per heavy atom. The standard InChI is InChI=1S/C15H21N3/c1-5-10-18-11-14(16-17-18)12-6-8-13(9-7-12)15(2,3)4/h6-9,11H,5,10H2,1-4H3. The van der Waals surface area contributed by atoms with Crippen LogP contribution >= 0.6 is 0 Å². The van der Waals surface area contributed by atoms with Crippen molar-refractivity contribution in [3.63, 3.8) is 0 Å². The van der Waals surface area contributed by atoms with Crippen LogP contribution in [0.3, 0.4) is 0 Å². The highest BCUT2D eigenvalue weighted by atomic mass is 15.4. The van der Waals surface area contributed by atoms with E-state index < -0.39 is 0 Å². The van der Waals surface area contributed by atoms with Gasteiger partial charge in [-0.2, -0.15) is 0 Å². The summed E-state index contributed by atoms with van der Waals surface area (Å²) in [6.07, 6.45) is 3.08. The zero-order valence-corrected chi connectivity index (χ0v) is 11.6. The molecule has 1 aromatic heterocycles. The number of nitrogens with zero attached hydrogens (tertiary/aromatic N) is 3. The van der Waals surface area contributed by atoms with Gasteiger partial charge in [0.15, 0.2) is 0 Å². The Balaban J connectivity index is 2.23. The number of hydrogen-bond acceptors (Lipinski definition) is 2. The predicted octanol–water partition coefficient (Wildman–Crippen LogP) is 3.65. The van der Waals surface area contributed by atoms with Crippen molar-refractivity contribution < 1.29 is 0 Å². The number of rotatable bonds is 3. The lowest BCUT2D eigenvalue weighted by atomic mass is 9.86. The van der Waals surface area contributed by atoms with Crippen LogP contribution in [0, 0.1) is 0 Å². The molecular weight excluding hydrogens is 222 g/mol. The van der Waals surface area contributed by atoms with Crippen LogP contribution in [0.4, 0.5) is 0 Å². The van der Waals surface area contributed by atoms with E-state index in [4.69, 9.17) is 0 Å². The third-order valence-electron chi connectivity index (χ3n) is 3.04. The summed E-state index contributed by atoms with van der Waals surface area (Å²) >= 11 is 0. The summed E-state index contributed by atoms with van der Waals surface area (Å²) in [7, 11) is 0. The predicted molar refractivity (Wildman–Crippen MR) is 74.4 cm³/mol. The molecule has 0 saturated carbocycles. The first-order chi connectivity index (χ1) is 8.50. The van der Waals surface area contributed by atoms with E-state index in [0.717, 1.165) is 24.2 Å². The van der Waals surface area contributed by atoms with Gasteiger partial charge in [0.2, 0.25) is 0 Å². The van der Waals surface area contributed by atoms with Gasteiger partial charge in [-0.15, -0.1) is 5.10 Å². The molecule has 3 heteroatoms. The molecule has 0 aliphatic heterocycles. The van der Waals surface area contributed by atoms with Gasteiger partial charge in [-0.1, -0.05) is 57.2 Å². The van der Waals surface area contributed by atoms with E-state index in [-0.39, 0.29) is 5.41 Å². The van der Waals surface area contributed by atoms with Gasteiger partial charge in [-0.25, -0.2) is 0 Å². The van der Waals surface area contributed by atoms with Crippen LogP contribution in [0.15, 0.2) is 30.5 Å². The van der Waals surface area contributed by atoms with Crippen molar-refractivity contribution in [1.82, 2.24) is 15.0 Å². The van der Waals surface area contributed by atoms with Crippen LogP contribution in [-0.2, 0) is 12.0 Å². The van der Waals surface area contributed by atoms with Crippen molar-refractivity contribution in [2.24, 2.45) is 0 Å². The van der Waals surface area contributed by atoms with Crippen molar-refractivity contribution in [2.75, 3.05) is 0 Å². The Kier molecular flexibility index (Phi) is 3.50. The first-order valence-corrected chi connectivity index (χ1v) is 6.52. The largest absolute Gasteiger partial charge is 0.252 e. The lowest BCUT2D eigenvalue weighted by molar-refractivity contribution is 0.579. The van der Waals surface area contributed by atoms with Crippen LogP contribution in [0.2, 0.25) is 0 Å². The van der Waals surface area contributed by atoms with Gasteiger partial charge in [0.1, 0.15) is 5.69 Å². The fourth-order valence-electron chi connectivity index (χ4n) is 1.91. The van der Waals surface area contributed by atoms with Gasteiger partial charge in [-0.05, 0) is 17.4 Å². The maximum absolute atomic E-state index is 4.21. The quantitative estimate of drug-likeness (QED) is 0.823. The zero-order valence-electron chi connectivity index (χ0n) is 11.6. The molecule has 1 heterocycles. The topological polar surface area (TPSA) is 30.7 Å². The second-order valence-corrected chi connectivity index (χ2v) is 5.69. The smallest absolute Gasteiger partial charge is 0.113 e. The third kappa shape index (κ3) is 2.78. The van der Waals surface area contributed by atoms with Crippen molar-refractivity contribution in [1.29, 1.82) is 0 Å². The third-order valence-corrected chi connectivity index (χ3v) is 3.04. The highest BCUT2D eigenvalue weighted by Crippen LogP contribution is 2.25. The first-order valence-electron chi connectivity index (χ1n) is 6.52. The van der Waals surface area contributed by atoms with Crippen molar-refractivity contribution in [3.05, 3.63) is 36.0 Å². The van der Waals surface area contributed by atoms with Crippen LogP contribution < -0.4 is 0 Å². The molecule has 0 N–H and O–H groups in total. The van der Waals surface area contributed by atoms with Gasteiger partial charge < -0.3 is 0 Å². The van der Waals surface area contributed by atoms with E-state index in [9.17, 15) is 0 Å². The normalized spacial score (nSPS) is 11.8. The molecule has 3 nitrogen and oxygen atoms in total. The van der Waals surface area contributed by atoms with Crippen molar-refractivity contribution in [3.8, 4) is 11.3 Å². The molecule has 0 saturated heterocycles. The molecule has 0 aliphatic rings. The number of hydrogen-bond donors (Lipinski definition) is 0. The SMILES string of the molecule is CCCn1cc(-c2ccc(C(C)(C)C)cc2)nn1. The van der Waals surface area contributed by atoms with Gasteiger partial charge in [0.05, 0.1) is 6.20 Å². The Labute approximate surface area is 109 Å². The number of aromatic nitrogens is 3. The highest BCUT2D eigenvalue weighted by molar-refractivity contribution is 5.58. The van der Waals surface area contributed by atoms with E-state index in [2.05, 4.69) is 62.3 Å². The highest BCUT2D eigenvalue weighted by Gasteiger charge is 2.13. The molecular formula is C15H21N3. The molecule has 96 valence electrons. The summed E-state index contributed by atoms with van der Waals surface area (Å²) in [5.41, 5.74) is 3.61. The summed E-state index contributed by atoms with van der Waals surface area (Å²) in [6.45, 7) is 9.73. The molecule has 18 heavy (non-hydrogen) atoms. The van der Waals surface area contributed by atoms with Crippen LogP contribution in [0.5, 0.6) is 0 Å². The Morgan fingerprint density at radius 2 is 1.78 bits per heavy atom. The summed E-state index contributed by atoms with van der Waals surface area (Å²) < 4.78 is 1.90. The van der Waals surface area contributed by atoms with Crippen LogP contribution in [-0.4, -0.2) is 15.0 Å². The van der Waals surface area contributed by atoms with Crippen LogP contribution in [0.25, 0.3) is 11.3 Å². The van der Waals surface area contributed by atoms with Gasteiger partial charge in [0.25, 0.3) is 0 Å². The summed E-state index contributed by atoms with van der Waals surface area (Å²) in [5.74, 6) is 0. The Bertz CT molecular complexity index is 503. The molecule has 1 aromatic carbocycles. The minimum atomic E-state index is 0.193. The minimum absolute atomic E-state index is 0.193. The molecule has 0 bridgehead atoms. The maximum Gasteiger partial charge on any atom is 0.113 e. The second-order valence-electron chi connectivity index (χ2n) is 5.69. The molecule has 0 atom stereocenters. The van der Waals surface area contributed by atoms with E-state index in [1.807, 2.05) is 10.9 Å². The number of aryl methyl sites for hydroxylation is 1. The Morgan fingerprint density at radius 1 is 1.11 bits per heavy atom. The fourth-order valence-corrected chi connectivity index (χ4v) is 1.91. The molecule has 0 amide bonds. The molecule has 0 unspecified atom stereocenters. The average Bonchev–Trinajstić information content (AvgIpc) is 2.77. The maximum atomic E-state index is 4.21. The molecule has 0 fully saturated rings. The Hall–Kier alpha value is -1.64. The van der Waals surface area contributed by atoms with E-state index in [1.54, 1.807) is 0 Å². The van der Waals surface area contributed by atoms with E-state index in [1.165, 1.54) is 5.56 Å². The zero-order chi connectivity index (χ0) is 13.2. The second kappa shape index (κ2) is 4.92. The fraction of sp³-hybridized carbons (Fsp3) is 0.467. The first kappa shape index (κ1) is 12.8. The summed E-state index contributed by atoms with van der Waals surface area (Å²) in [6, 6.07) is 8.60.